The van der Waals surface area contributed by atoms with E-state index in [1.165, 1.54) is 0 Å². The van der Waals surface area contributed by atoms with E-state index in [0.717, 1.165) is 24.4 Å². The summed E-state index contributed by atoms with van der Waals surface area (Å²) in [5.74, 6) is 2.76. The van der Waals surface area contributed by atoms with Crippen molar-refractivity contribution in [1.29, 1.82) is 0 Å². The van der Waals surface area contributed by atoms with Gasteiger partial charge >= 0.3 is 0 Å². The highest BCUT2D eigenvalue weighted by Crippen LogP contribution is 2.37. The number of hydrogen-bond donors (Lipinski definition) is 2. The number of thioether (sulfide) groups is 1. The molecule has 0 aromatic carbocycles. The molecular weight excluding hydrogens is 288 g/mol. The van der Waals surface area contributed by atoms with E-state index in [4.69, 9.17) is 10.5 Å². The summed E-state index contributed by atoms with van der Waals surface area (Å²) < 4.78 is 5.64. The highest BCUT2D eigenvalue weighted by Gasteiger charge is 2.35. The van der Waals surface area contributed by atoms with Crippen molar-refractivity contribution in [2.75, 3.05) is 5.75 Å². The summed E-state index contributed by atoms with van der Waals surface area (Å²) in [6.07, 6.45) is 8.19. The van der Waals surface area contributed by atoms with Gasteiger partial charge in [0.2, 0.25) is 5.82 Å². The SMILES string of the molecule is CC1(C2C=CC(OCc3nn[nH]n3)=CC2)CCSC(N)=N1. The van der Waals surface area contributed by atoms with Gasteiger partial charge in [-0.1, -0.05) is 23.1 Å². The van der Waals surface area contributed by atoms with Gasteiger partial charge in [0.15, 0.2) is 11.8 Å². The molecule has 2 unspecified atom stereocenters. The van der Waals surface area contributed by atoms with Crippen molar-refractivity contribution < 1.29 is 4.74 Å². The molecule has 0 amide bonds. The molecule has 8 heteroatoms. The van der Waals surface area contributed by atoms with Crippen molar-refractivity contribution in [3.63, 3.8) is 0 Å². The number of aliphatic imine (C=N–C) groups is 1. The number of rotatable bonds is 4. The van der Waals surface area contributed by atoms with E-state index in [1.807, 2.05) is 6.08 Å². The highest BCUT2D eigenvalue weighted by atomic mass is 32.2. The molecule has 1 aromatic heterocycles. The number of nitrogens with zero attached hydrogens (tertiary/aromatic N) is 4. The van der Waals surface area contributed by atoms with Gasteiger partial charge in [-0.3, -0.25) is 4.99 Å². The molecule has 0 spiro atoms. The summed E-state index contributed by atoms with van der Waals surface area (Å²) in [6.45, 7) is 2.49. The number of hydrogen-bond acceptors (Lipinski definition) is 7. The first-order chi connectivity index (χ1) is 10.2. The lowest BCUT2D eigenvalue weighted by molar-refractivity contribution is 0.198. The Morgan fingerprint density at radius 3 is 3.14 bits per heavy atom. The van der Waals surface area contributed by atoms with Crippen LogP contribution in [-0.4, -0.2) is 37.1 Å². The van der Waals surface area contributed by atoms with Crippen molar-refractivity contribution in [3.05, 3.63) is 29.8 Å². The molecule has 3 N–H and O–H groups in total. The van der Waals surface area contributed by atoms with E-state index in [9.17, 15) is 0 Å². The van der Waals surface area contributed by atoms with Gasteiger partial charge in [-0.15, -0.1) is 10.2 Å². The minimum atomic E-state index is -0.110. The molecule has 1 aromatic rings. The van der Waals surface area contributed by atoms with Crippen LogP contribution in [0.3, 0.4) is 0 Å². The van der Waals surface area contributed by atoms with Crippen LogP contribution in [0.5, 0.6) is 0 Å². The molecule has 3 rings (SSSR count). The van der Waals surface area contributed by atoms with Gasteiger partial charge in [-0.2, -0.15) is 5.21 Å². The zero-order valence-corrected chi connectivity index (χ0v) is 12.6. The summed E-state index contributed by atoms with van der Waals surface area (Å²) in [5.41, 5.74) is 5.76. The Morgan fingerprint density at radius 1 is 1.57 bits per heavy atom. The topological polar surface area (TPSA) is 102 Å². The Balaban J connectivity index is 1.59. The van der Waals surface area contributed by atoms with Crippen LogP contribution in [-0.2, 0) is 11.3 Å². The van der Waals surface area contributed by atoms with Crippen LogP contribution in [0.4, 0.5) is 0 Å². The Labute approximate surface area is 127 Å². The van der Waals surface area contributed by atoms with Crippen molar-refractivity contribution in [2.24, 2.45) is 16.6 Å². The fourth-order valence-corrected chi connectivity index (χ4v) is 3.53. The molecule has 21 heavy (non-hydrogen) atoms. The summed E-state index contributed by atoms with van der Waals surface area (Å²) in [4.78, 5) is 4.65. The van der Waals surface area contributed by atoms with Crippen LogP contribution >= 0.6 is 11.8 Å². The van der Waals surface area contributed by atoms with Gasteiger partial charge in [-0.25, -0.2) is 0 Å². The molecule has 2 atom stereocenters. The quantitative estimate of drug-likeness (QED) is 0.871. The van der Waals surface area contributed by atoms with Gasteiger partial charge in [-0.05, 0) is 31.9 Å². The monoisotopic (exact) mass is 306 g/mol. The van der Waals surface area contributed by atoms with E-state index < -0.39 is 0 Å². The normalized spacial score (nSPS) is 28.9. The third-order valence-corrected chi connectivity index (χ3v) is 4.64. The number of tetrazole rings is 1. The van der Waals surface area contributed by atoms with E-state index in [0.29, 0.717) is 23.5 Å². The number of allylic oxidation sites excluding steroid dienone is 2. The van der Waals surface area contributed by atoms with Crippen molar-refractivity contribution >= 4 is 16.9 Å². The van der Waals surface area contributed by atoms with E-state index in [2.05, 4.69) is 44.7 Å². The van der Waals surface area contributed by atoms with Crippen LogP contribution < -0.4 is 5.73 Å². The minimum Gasteiger partial charge on any atom is -0.486 e. The second-order valence-electron chi connectivity index (χ2n) is 5.33. The van der Waals surface area contributed by atoms with Crippen molar-refractivity contribution in [2.45, 2.75) is 31.9 Å². The standard InChI is InChI=1S/C13H18N6OS/c1-13(6-7-21-12(14)15-13)9-2-4-10(5-3-9)20-8-11-16-18-19-17-11/h2,4-5,9H,3,6-8H2,1H3,(H2,14,15)(H,16,17,18,19). The lowest BCUT2D eigenvalue weighted by atomic mass is 9.79. The first-order valence-corrected chi connectivity index (χ1v) is 7.86. The van der Waals surface area contributed by atoms with E-state index >= 15 is 0 Å². The lowest BCUT2D eigenvalue weighted by Crippen LogP contribution is -2.37. The number of nitrogens with one attached hydrogen (secondary N) is 1. The van der Waals surface area contributed by atoms with E-state index in [-0.39, 0.29) is 5.54 Å². The van der Waals surface area contributed by atoms with Crippen LogP contribution in [0, 0.1) is 5.92 Å². The Hall–Kier alpha value is -1.83. The maximum Gasteiger partial charge on any atom is 0.211 e. The predicted octanol–water partition coefficient (Wildman–Crippen LogP) is 1.39. The number of H-pyrrole nitrogens is 1. The zero-order valence-electron chi connectivity index (χ0n) is 11.8. The maximum absolute atomic E-state index is 5.87. The zero-order chi connectivity index (χ0) is 14.7. The molecule has 2 aliphatic rings. The fraction of sp³-hybridized carbons (Fsp3) is 0.538. The van der Waals surface area contributed by atoms with Crippen molar-refractivity contribution in [3.8, 4) is 0 Å². The molecular formula is C13H18N6OS. The summed E-state index contributed by atoms with van der Waals surface area (Å²) in [6, 6.07) is 0. The lowest BCUT2D eigenvalue weighted by Gasteiger charge is -2.36. The van der Waals surface area contributed by atoms with Crippen LogP contribution in [0.25, 0.3) is 0 Å². The molecule has 0 radical (unpaired) electrons. The van der Waals surface area contributed by atoms with Crippen molar-refractivity contribution in [1.82, 2.24) is 20.6 Å². The molecule has 2 heterocycles. The Morgan fingerprint density at radius 2 is 2.48 bits per heavy atom. The number of amidine groups is 1. The van der Waals surface area contributed by atoms with Crippen LogP contribution in [0.1, 0.15) is 25.6 Å². The number of aromatic nitrogens is 4. The third-order valence-electron chi connectivity index (χ3n) is 3.85. The van der Waals surface area contributed by atoms with Gasteiger partial charge < -0.3 is 10.5 Å². The number of nitrogens with two attached hydrogens (primary N) is 1. The van der Waals surface area contributed by atoms with E-state index in [1.54, 1.807) is 11.8 Å². The molecule has 112 valence electrons. The first-order valence-electron chi connectivity index (χ1n) is 6.87. The molecule has 1 aliphatic heterocycles. The van der Waals surface area contributed by atoms with Gasteiger partial charge in [0.25, 0.3) is 0 Å². The second kappa shape index (κ2) is 5.88. The van der Waals surface area contributed by atoms with Gasteiger partial charge in [0.05, 0.1) is 5.54 Å². The molecule has 7 nitrogen and oxygen atoms in total. The predicted molar refractivity (Wildman–Crippen MR) is 81.4 cm³/mol. The molecule has 0 saturated heterocycles. The fourth-order valence-electron chi connectivity index (χ4n) is 2.53. The van der Waals surface area contributed by atoms with Gasteiger partial charge in [0, 0.05) is 11.7 Å². The summed E-state index contributed by atoms with van der Waals surface area (Å²) in [5, 5.41) is 14.3. The average molecular weight is 306 g/mol. The van der Waals surface area contributed by atoms with Crippen LogP contribution in [0.15, 0.2) is 29.0 Å². The summed E-state index contributed by atoms with van der Waals surface area (Å²) in [7, 11) is 0. The highest BCUT2D eigenvalue weighted by molar-refractivity contribution is 8.13. The third kappa shape index (κ3) is 3.26. The smallest absolute Gasteiger partial charge is 0.211 e. The number of aromatic amines is 1. The first kappa shape index (κ1) is 14.1. The maximum atomic E-state index is 5.87. The largest absolute Gasteiger partial charge is 0.486 e. The second-order valence-corrected chi connectivity index (χ2v) is 6.45. The molecule has 0 bridgehead atoms. The molecule has 0 fully saturated rings. The van der Waals surface area contributed by atoms with Crippen LogP contribution in [0.2, 0.25) is 0 Å². The summed E-state index contributed by atoms with van der Waals surface area (Å²) >= 11 is 1.63. The Kier molecular flexibility index (Phi) is 3.96. The van der Waals surface area contributed by atoms with Gasteiger partial charge in [0.1, 0.15) is 5.76 Å². The minimum absolute atomic E-state index is 0.110. The number of ether oxygens (including phenoxy) is 1. The molecule has 0 saturated carbocycles. The molecule has 1 aliphatic carbocycles. The average Bonchev–Trinajstić information content (AvgIpc) is 2.99. The Bertz CT molecular complexity index is 581.